The quantitative estimate of drug-likeness (QED) is 0.916. The molecular weight excluding hydrogens is 250 g/mol. The van der Waals surface area contributed by atoms with Gasteiger partial charge in [-0.05, 0) is 68.2 Å². The van der Waals surface area contributed by atoms with Gasteiger partial charge in [-0.1, -0.05) is 6.07 Å². The molecule has 1 atom stereocenters. The molecule has 1 unspecified atom stereocenters. The Balaban J connectivity index is 1.74. The summed E-state index contributed by atoms with van der Waals surface area (Å²) < 4.78 is 0. The first-order valence-corrected chi connectivity index (χ1v) is 7.83. The third-order valence-corrected chi connectivity index (χ3v) is 4.68. The van der Waals surface area contributed by atoms with Crippen molar-refractivity contribution in [2.24, 2.45) is 0 Å². The molecule has 1 saturated heterocycles. The number of hydrogen-bond acceptors (Lipinski definition) is 2. The number of hydrogen-bond donors (Lipinski definition) is 1. The molecule has 3 heteroatoms. The maximum Gasteiger partial charge on any atom is 0.254 e. The monoisotopic (exact) mass is 273 g/mol. The molecular formula is C17H23NO2. The van der Waals surface area contributed by atoms with Crippen molar-refractivity contribution < 1.29 is 9.90 Å². The van der Waals surface area contributed by atoms with Gasteiger partial charge < -0.3 is 10.0 Å². The van der Waals surface area contributed by atoms with E-state index >= 15 is 0 Å². The van der Waals surface area contributed by atoms with Crippen LogP contribution in [0.5, 0.6) is 0 Å². The Bertz CT molecular complexity index is 498. The largest absolute Gasteiger partial charge is 0.396 e. The molecule has 0 aromatic heterocycles. The van der Waals surface area contributed by atoms with E-state index in [1.165, 1.54) is 17.5 Å². The van der Waals surface area contributed by atoms with E-state index in [9.17, 15) is 4.79 Å². The summed E-state index contributed by atoms with van der Waals surface area (Å²) in [5.74, 6) is 0.181. The molecule has 1 aromatic rings. The van der Waals surface area contributed by atoms with E-state index in [0.717, 1.165) is 50.6 Å². The second-order valence-corrected chi connectivity index (χ2v) is 6.00. The number of fused-ring (bicyclic) bond motifs is 1. The van der Waals surface area contributed by atoms with Gasteiger partial charge in [0.1, 0.15) is 0 Å². The molecule has 1 amide bonds. The maximum atomic E-state index is 12.7. The Kier molecular flexibility index (Phi) is 4.06. The third-order valence-electron chi connectivity index (χ3n) is 4.68. The summed E-state index contributed by atoms with van der Waals surface area (Å²) in [6.45, 7) is 1.09. The van der Waals surface area contributed by atoms with Gasteiger partial charge in [-0.2, -0.15) is 0 Å². The van der Waals surface area contributed by atoms with E-state index in [1.54, 1.807) is 0 Å². The Labute approximate surface area is 120 Å². The van der Waals surface area contributed by atoms with Crippen LogP contribution in [0, 0.1) is 0 Å². The zero-order valence-electron chi connectivity index (χ0n) is 12.0. The van der Waals surface area contributed by atoms with Gasteiger partial charge in [0.2, 0.25) is 0 Å². The average Bonchev–Trinajstić information content (AvgIpc) is 3.12. The van der Waals surface area contributed by atoms with Crippen LogP contribution in [0.2, 0.25) is 0 Å². The minimum absolute atomic E-state index is 0.181. The van der Waals surface area contributed by atoms with Gasteiger partial charge in [0.05, 0.1) is 0 Å². The van der Waals surface area contributed by atoms with Crippen molar-refractivity contribution in [1.82, 2.24) is 4.90 Å². The molecule has 1 aromatic carbocycles. The Morgan fingerprint density at radius 3 is 2.95 bits per heavy atom. The number of likely N-dealkylation sites (tertiary alicyclic amines) is 1. The first-order valence-electron chi connectivity index (χ1n) is 7.83. The first-order chi connectivity index (χ1) is 9.79. The molecule has 20 heavy (non-hydrogen) atoms. The van der Waals surface area contributed by atoms with E-state index in [-0.39, 0.29) is 12.5 Å². The molecule has 1 heterocycles. The number of aryl methyl sites for hydroxylation is 2. The van der Waals surface area contributed by atoms with Gasteiger partial charge in [0.25, 0.3) is 5.91 Å². The van der Waals surface area contributed by atoms with E-state index in [1.807, 2.05) is 11.0 Å². The highest BCUT2D eigenvalue weighted by molar-refractivity contribution is 5.95. The fourth-order valence-corrected chi connectivity index (χ4v) is 3.60. The number of amides is 1. The molecule has 0 radical (unpaired) electrons. The van der Waals surface area contributed by atoms with Gasteiger partial charge in [-0.25, -0.2) is 0 Å². The summed E-state index contributed by atoms with van der Waals surface area (Å²) in [5.41, 5.74) is 3.63. The van der Waals surface area contributed by atoms with E-state index in [0.29, 0.717) is 6.04 Å². The topological polar surface area (TPSA) is 40.5 Å². The first kappa shape index (κ1) is 13.6. The summed E-state index contributed by atoms with van der Waals surface area (Å²) >= 11 is 0. The molecule has 2 aliphatic rings. The van der Waals surface area contributed by atoms with E-state index < -0.39 is 0 Å². The summed E-state index contributed by atoms with van der Waals surface area (Å²) in [5, 5.41) is 8.97. The number of aliphatic hydroxyl groups excluding tert-OH is 1. The van der Waals surface area contributed by atoms with E-state index in [4.69, 9.17) is 5.11 Å². The molecule has 1 aliphatic carbocycles. The highest BCUT2D eigenvalue weighted by Crippen LogP contribution is 2.27. The van der Waals surface area contributed by atoms with Crippen molar-refractivity contribution >= 4 is 5.91 Å². The van der Waals surface area contributed by atoms with Gasteiger partial charge in [-0.15, -0.1) is 0 Å². The van der Waals surface area contributed by atoms with Gasteiger partial charge >= 0.3 is 0 Å². The molecule has 1 fully saturated rings. The minimum Gasteiger partial charge on any atom is -0.396 e. The molecule has 0 bridgehead atoms. The normalized spacial score (nSPS) is 21.2. The van der Waals surface area contributed by atoms with Crippen LogP contribution in [0.25, 0.3) is 0 Å². The van der Waals surface area contributed by atoms with Crippen LogP contribution >= 0.6 is 0 Å². The van der Waals surface area contributed by atoms with Crippen LogP contribution in [0.1, 0.15) is 53.6 Å². The summed E-state index contributed by atoms with van der Waals surface area (Å²) in [6.07, 6.45) is 7.38. The number of benzene rings is 1. The van der Waals surface area contributed by atoms with Crippen molar-refractivity contribution in [1.29, 1.82) is 0 Å². The van der Waals surface area contributed by atoms with Crippen molar-refractivity contribution in [3.8, 4) is 0 Å². The third kappa shape index (κ3) is 2.59. The summed E-state index contributed by atoms with van der Waals surface area (Å²) in [7, 11) is 0. The van der Waals surface area contributed by atoms with Crippen LogP contribution < -0.4 is 0 Å². The van der Waals surface area contributed by atoms with Gasteiger partial charge in [0.15, 0.2) is 0 Å². The average molecular weight is 273 g/mol. The van der Waals surface area contributed by atoms with Gasteiger partial charge in [0, 0.05) is 24.8 Å². The molecule has 3 nitrogen and oxygen atoms in total. The molecule has 108 valence electrons. The van der Waals surface area contributed by atoms with Crippen LogP contribution in [0.15, 0.2) is 18.2 Å². The molecule has 0 saturated carbocycles. The second kappa shape index (κ2) is 5.96. The lowest BCUT2D eigenvalue weighted by Crippen LogP contribution is -2.35. The number of carbonyl (C=O) groups is 1. The fraction of sp³-hybridized carbons (Fsp3) is 0.588. The van der Waals surface area contributed by atoms with Crippen LogP contribution in [-0.2, 0) is 12.8 Å². The predicted octanol–water partition coefficient (Wildman–Crippen LogP) is 2.55. The highest BCUT2D eigenvalue weighted by Gasteiger charge is 2.29. The smallest absolute Gasteiger partial charge is 0.254 e. The Hall–Kier alpha value is -1.35. The number of carbonyl (C=O) groups excluding carboxylic acids is 1. The Morgan fingerprint density at radius 2 is 2.10 bits per heavy atom. The maximum absolute atomic E-state index is 12.7. The summed E-state index contributed by atoms with van der Waals surface area (Å²) in [6, 6.07) is 6.55. The van der Waals surface area contributed by atoms with Crippen molar-refractivity contribution in [3.05, 3.63) is 34.9 Å². The zero-order chi connectivity index (χ0) is 13.9. The molecule has 1 N–H and O–H groups in total. The standard InChI is InChI=1S/C17H23NO2/c19-11-3-7-16-6-2-10-18(16)17(20)15-9-8-13-4-1-5-14(13)12-15/h8-9,12,16,19H,1-7,10-11H2. The van der Waals surface area contributed by atoms with Crippen LogP contribution in [0.3, 0.4) is 0 Å². The Morgan fingerprint density at radius 1 is 1.25 bits per heavy atom. The van der Waals surface area contributed by atoms with Crippen molar-refractivity contribution in [3.63, 3.8) is 0 Å². The van der Waals surface area contributed by atoms with Crippen molar-refractivity contribution in [2.75, 3.05) is 13.2 Å². The highest BCUT2D eigenvalue weighted by atomic mass is 16.3. The van der Waals surface area contributed by atoms with Crippen LogP contribution in [0.4, 0.5) is 0 Å². The molecule has 3 rings (SSSR count). The molecule has 1 aliphatic heterocycles. The summed E-state index contributed by atoms with van der Waals surface area (Å²) in [4.78, 5) is 14.7. The van der Waals surface area contributed by atoms with Crippen molar-refractivity contribution in [2.45, 2.75) is 51.0 Å². The predicted molar refractivity (Wildman–Crippen MR) is 78.8 cm³/mol. The number of aliphatic hydroxyl groups is 1. The van der Waals surface area contributed by atoms with Crippen LogP contribution in [-0.4, -0.2) is 35.1 Å². The minimum atomic E-state index is 0.181. The lowest BCUT2D eigenvalue weighted by atomic mass is 10.0. The lowest BCUT2D eigenvalue weighted by molar-refractivity contribution is 0.0724. The lowest BCUT2D eigenvalue weighted by Gasteiger charge is -2.25. The SMILES string of the molecule is O=C(c1ccc2c(c1)CCC2)N1CCCC1CCCO. The molecule has 0 spiro atoms. The fourth-order valence-electron chi connectivity index (χ4n) is 3.60. The number of nitrogens with zero attached hydrogens (tertiary/aromatic N) is 1. The van der Waals surface area contributed by atoms with Gasteiger partial charge in [-0.3, -0.25) is 4.79 Å². The zero-order valence-corrected chi connectivity index (χ0v) is 12.0. The van der Waals surface area contributed by atoms with E-state index in [2.05, 4.69) is 12.1 Å². The second-order valence-electron chi connectivity index (χ2n) is 6.00. The number of rotatable bonds is 4.